The second-order valence-electron chi connectivity index (χ2n) is 7.78. The van der Waals surface area contributed by atoms with E-state index in [1.807, 2.05) is 0 Å². The Morgan fingerprint density at radius 2 is 1.97 bits per heavy atom. The molecule has 0 bridgehead atoms. The van der Waals surface area contributed by atoms with Crippen LogP contribution in [0.25, 0.3) is 0 Å². The predicted octanol–water partition coefficient (Wildman–Crippen LogP) is 4.00. The van der Waals surface area contributed by atoms with Crippen LogP contribution in [-0.2, 0) is 11.3 Å². The summed E-state index contributed by atoms with van der Waals surface area (Å²) in [6, 6.07) is 10.7. The molecule has 0 aliphatic carbocycles. The van der Waals surface area contributed by atoms with E-state index in [4.69, 9.17) is 4.74 Å². The van der Waals surface area contributed by atoms with Gasteiger partial charge in [-0.3, -0.25) is 19.7 Å². The molecule has 8 nitrogen and oxygen atoms in total. The topological polar surface area (TPSA) is 102 Å². The normalized spacial score (nSPS) is 15.9. The summed E-state index contributed by atoms with van der Waals surface area (Å²) < 4.78 is 5.82. The minimum atomic E-state index is -0.570. The lowest BCUT2D eigenvalue weighted by atomic mass is 10.1. The fourth-order valence-electron chi connectivity index (χ4n) is 3.22. The van der Waals surface area contributed by atoms with Crippen LogP contribution in [0.3, 0.4) is 0 Å². The Kier molecular flexibility index (Phi) is 6.34. The first kappa shape index (κ1) is 21.3. The Hall–Kier alpha value is -3.42. The molecular formula is C22H25N3O5. The molecule has 0 spiro atoms. The van der Waals surface area contributed by atoms with Gasteiger partial charge in [0, 0.05) is 42.0 Å². The molecule has 0 saturated heterocycles. The van der Waals surface area contributed by atoms with Gasteiger partial charge in [-0.1, -0.05) is 13.8 Å². The molecule has 2 aromatic rings. The smallest absolute Gasteiger partial charge is 0.269 e. The van der Waals surface area contributed by atoms with Gasteiger partial charge >= 0.3 is 0 Å². The first-order valence-electron chi connectivity index (χ1n) is 9.88. The van der Waals surface area contributed by atoms with Crippen molar-refractivity contribution >= 4 is 23.2 Å². The van der Waals surface area contributed by atoms with Gasteiger partial charge in [0.1, 0.15) is 5.75 Å². The van der Waals surface area contributed by atoms with Crippen LogP contribution < -0.4 is 10.1 Å². The van der Waals surface area contributed by atoms with Crippen molar-refractivity contribution in [3.8, 4) is 5.75 Å². The van der Waals surface area contributed by atoms with Crippen molar-refractivity contribution in [1.82, 2.24) is 4.90 Å². The van der Waals surface area contributed by atoms with Gasteiger partial charge < -0.3 is 15.0 Å². The van der Waals surface area contributed by atoms with Crippen LogP contribution in [-0.4, -0.2) is 34.3 Å². The van der Waals surface area contributed by atoms with Crippen molar-refractivity contribution in [2.24, 2.45) is 5.92 Å². The number of amides is 2. The number of fused-ring (bicyclic) bond motifs is 1. The Bertz CT molecular complexity index is 956. The number of anilines is 1. The maximum atomic E-state index is 12.6. The minimum absolute atomic E-state index is 0.0525. The monoisotopic (exact) mass is 411 g/mol. The van der Waals surface area contributed by atoms with Gasteiger partial charge in [-0.25, -0.2) is 0 Å². The standard InChI is InChI=1S/C22H25N3O5/c1-14(2)10-11-24-13-17-12-18(6-9-20(17)30-15(3)22(24)27)23-21(26)16-4-7-19(8-5-16)25(28)29/h4-9,12,14-15H,10-11,13H2,1-3H3,(H,23,26)/t15-/m0/s1. The fraction of sp³-hybridized carbons (Fsp3) is 0.364. The van der Waals surface area contributed by atoms with Gasteiger partial charge in [-0.2, -0.15) is 0 Å². The number of carbonyl (C=O) groups excluding carboxylic acids is 2. The van der Waals surface area contributed by atoms with Gasteiger partial charge in [0.05, 0.1) is 4.92 Å². The molecule has 1 N–H and O–H groups in total. The average molecular weight is 411 g/mol. The molecule has 0 saturated carbocycles. The Labute approximate surface area is 175 Å². The van der Waals surface area contributed by atoms with Crippen LogP contribution in [0.15, 0.2) is 42.5 Å². The maximum Gasteiger partial charge on any atom is 0.269 e. The van der Waals surface area contributed by atoms with Gasteiger partial charge in [0.2, 0.25) is 0 Å². The Balaban J connectivity index is 1.77. The van der Waals surface area contributed by atoms with Gasteiger partial charge in [0.15, 0.2) is 6.10 Å². The van der Waals surface area contributed by atoms with E-state index in [9.17, 15) is 19.7 Å². The summed E-state index contributed by atoms with van der Waals surface area (Å²) in [6.45, 7) is 7.02. The third-order valence-electron chi connectivity index (χ3n) is 4.96. The van der Waals surface area contributed by atoms with Crippen LogP contribution in [0, 0.1) is 16.0 Å². The van der Waals surface area contributed by atoms with Crippen LogP contribution >= 0.6 is 0 Å². The average Bonchev–Trinajstić information content (AvgIpc) is 2.82. The SMILES string of the molecule is CC(C)CCN1Cc2cc(NC(=O)c3ccc([N+](=O)[O-])cc3)ccc2O[C@@H](C)C1=O. The second-order valence-corrected chi connectivity index (χ2v) is 7.78. The molecule has 1 aliphatic rings. The van der Waals surface area contributed by atoms with E-state index in [1.165, 1.54) is 24.3 Å². The summed E-state index contributed by atoms with van der Waals surface area (Å²) in [7, 11) is 0. The number of ether oxygens (including phenoxy) is 1. The zero-order chi connectivity index (χ0) is 21.8. The number of non-ortho nitro benzene ring substituents is 1. The minimum Gasteiger partial charge on any atom is -0.481 e. The highest BCUT2D eigenvalue weighted by molar-refractivity contribution is 6.04. The number of nitrogens with one attached hydrogen (secondary N) is 1. The van der Waals surface area contributed by atoms with Crippen molar-refractivity contribution < 1.29 is 19.2 Å². The highest BCUT2D eigenvalue weighted by atomic mass is 16.6. The highest BCUT2D eigenvalue weighted by Gasteiger charge is 2.28. The first-order chi connectivity index (χ1) is 14.2. The van der Waals surface area contributed by atoms with Crippen molar-refractivity contribution in [1.29, 1.82) is 0 Å². The summed E-state index contributed by atoms with van der Waals surface area (Å²) in [4.78, 5) is 37.2. The Morgan fingerprint density at radius 3 is 2.60 bits per heavy atom. The van der Waals surface area contributed by atoms with E-state index in [0.717, 1.165) is 12.0 Å². The summed E-state index contributed by atoms with van der Waals surface area (Å²) in [6.07, 6.45) is 0.323. The Morgan fingerprint density at radius 1 is 1.27 bits per heavy atom. The van der Waals surface area contributed by atoms with E-state index in [-0.39, 0.29) is 17.5 Å². The molecule has 2 aromatic carbocycles. The van der Waals surface area contributed by atoms with Crippen molar-refractivity contribution in [3.63, 3.8) is 0 Å². The van der Waals surface area contributed by atoms with E-state index < -0.39 is 11.0 Å². The van der Waals surface area contributed by atoms with Gasteiger partial charge in [0.25, 0.3) is 17.5 Å². The summed E-state index contributed by atoms with van der Waals surface area (Å²) in [5.41, 5.74) is 1.62. The third kappa shape index (κ3) is 4.94. The van der Waals surface area contributed by atoms with E-state index in [1.54, 1.807) is 30.0 Å². The molecule has 8 heteroatoms. The van der Waals surface area contributed by atoms with Gasteiger partial charge in [-0.15, -0.1) is 0 Å². The van der Waals surface area contributed by atoms with Crippen molar-refractivity contribution in [2.75, 3.05) is 11.9 Å². The largest absolute Gasteiger partial charge is 0.481 e. The van der Waals surface area contributed by atoms with Crippen molar-refractivity contribution in [3.05, 3.63) is 63.7 Å². The number of hydrogen-bond donors (Lipinski definition) is 1. The molecule has 0 aromatic heterocycles. The zero-order valence-corrected chi connectivity index (χ0v) is 17.3. The molecule has 0 fully saturated rings. The lowest BCUT2D eigenvalue weighted by Gasteiger charge is -2.23. The number of carbonyl (C=O) groups is 2. The molecular weight excluding hydrogens is 386 g/mol. The van der Waals surface area contributed by atoms with Crippen molar-refractivity contribution in [2.45, 2.75) is 39.8 Å². The number of nitro benzene ring substituents is 1. The summed E-state index contributed by atoms with van der Waals surface area (Å²) in [5, 5.41) is 13.6. The molecule has 1 heterocycles. The third-order valence-corrected chi connectivity index (χ3v) is 4.96. The fourth-order valence-corrected chi connectivity index (χ4v) is 3.22. The number of nitrogens with zero attached hydrogens (tertiary/aromatic N) is 2. The van der Waals surface area contributed by atoms with E-state index in [2.05, 4.69) is 19.2 Å². The van der Waals surface area contributed by atoms with E-state index in [0.29, 0.717) is 36.0 Å². The molecule has 3 rings (SSSR count). The van der Waals surface area contributed by atoms with Crippen LogP contribution in [0.1, 0.15) is 43.1 Å². The zero-order valence-electron chi connectivity index (χ0n) is 17.3. The number of nitro groups is 1. The maximum absolute atomic E-state index is 12.6. The highest BCUT2D eigenvalue weighted by Crippen LogP contribution is 2.29. The van der Waals surface area contributed by atoms with Crippen LogP contribution in [0.5, 0.6) is 5.75 Å². The van der Waals surface area contributed by atoms with Crippen LogP contribution in [0.2, 0.25) is 0 Å². The molecule has 2 amide bonds. The quantitative estimate of drug-likeness (QED) is 0.572. The lowest BCUT2D eigenvalue weighted by molar-refractivity contribution is -0.384. The number of rotatable bonds is 6. The summed E-state index contributed by atoms with van der Waals surface area (Å²) >= 11 is 0. The van der Waals surface area contributed by atoms with E-state index >= 15 is 0 Å². The molecule has 0 radical (unpaired) electrons. The predicted molar refractivity (Wildman–Crippen MR) is 112 cm³/mol. The van der Waals surface area contributed by atoms with Crippen LogP contribution in [0.4, 0.5) is 11.4 Å². The molecule has 1 atom stereocenters. The van der Waals surface area contributed by atoms with Gasteiger partial charge in [-0.05, 0) is 49.6 Å². The molecule has 30 heavy (non-hydrogen) atoms. The molecule has 1 aliphatic heterocycles. The molecule has 0 unspecified atom stereocenters. The first-order valence-corrected chi connectivity index (χ1v) is 9.88. The number of benzene rings is 2. The second kappa shape index (κ2) is 8.94. The lowest BCUT2D eigenvalue weighted by Crippen LogP contribution is -2.38. The molecule has 158 valence electrons. The summed E-state index contributed by atoms with van der Waals surface area (Å²) in [5.74, 6) is 0.670. The number of hydrogen-bond acceptors (Lipinski definition) is 5.